The molecule has 0 fully saturated rings. The van der Waals surface area contributed by atoms with Crippen molar-refractivity contribution in [3.05, 3.63) is 29.8 Å². The molecular weight excluding hydrogens is 281 g/mol. The van der Waals surface area contributed by atoms with Crippen molar-refractivity contribution in [2.24, 2.45) is 5.73 Å². The van der Waals surface area contributed by atoms with Gasteiger partial charge < -0.3 is 5.73 Å². The van der Waals surface area contributed by atoms with Crippen LogP contribution in [0.3, 0.4) is 0 Å². The molecule has 0 heterocycles. The van der Waals surface area contributed by atoms with E-state index < -0.39 is 22.7 Å². The van der Waals surface area contributed by atoms with Crippen LogP contribution in [0, 0.1) is 6.92 Å². The summed E-state index contributed by atoms with van der Waals surface area (Å²) >= 11 is 0. The van der Waals surface area contributed by atoms with Crippen molar-refractivity contribution >= 4 is 10.0 Å². The van der Waals surface area contributed by atoms with Crippen molar-refractivity contribution < 1.29 is 21.6 Å². The number of hydrogen-bond acceptors (Lipinski definition) is 3. The highest BCUT2D eigenvalue weighted by molar-refractivity contribution is 7.89. The maximum atomic E-state index is 12.4. The zero-order valence-electron chi connectivity index (χ0n) is 10.3. The SMILES string of the molecule is Cc1ccccc1S(=O)(=O)N(CCN)CC(F)(F)F. The third-order valence-electron chi connectivity index (χ3n) is 2.45. The molecule has 1 aromatic rings. The van der Waals surface area contributed by atoms with E-state index in [-0.39, 0.29) is 18.0 Å². The van der Waals surface area contributed by atoms with Crippen LogP contribution in [0.4, 0.5) is 13.2 Å². The van der Waals surface area contributed by atoms with E-state index >= 15 is 0 Å². The minimum atomic E-state index is -4.61. The first-order valence-corrected chi connectivity index (χ1v) is 6.95. The van der Waals surface area contributed by atoms with Gasteiger partial charge in [-0.3, -0.25) is 0 Å². The number of halogens is 3. The second-order valence-electron chi connectivity index (χ2n) is 4.01. The number of hydrogen-bond donors (Lipinski definition) is 1. The molecule has 0 atom stereocenters. The van der Waals surface area contributed by atoms with Gasteiger partial charge in [-0.2, -0.15) is 17.5 Å². The number of alkyl halides is 3. The summed E-state index contributed by atoms with van der Waals surface area (Å²) in [6, 6.07) is 5.89. The maximum absolute atomic E-state index is 12.4. The molecule has 0 aromatic heterocycles. The number of nitrogens with two attached hydrogens (primary N) is 1. The standard InChI is InChI=1S/C11H15F3N2O2S/c1-9-4-2-3-5-10(9)19(17,18)16(7-6-15)8-11(12,13)14/h2-5H,6-8,15H2,1H3. The average molecular weight is 296 g/mol. The second kappa shape index (κ2) is 5.89. The van der Waals surface area contributed by atoms with Crippen LogP contribution in [-0.2, 0) is 10.0 Å². The molecule has 0 saturated carbocycles. The summed E-state index contributed by atoms with van der Waals surface area (Å²) in [5.41, 5.74) is 5.58. The smallest absolute Gasteiger partial charge is 0.329 e. The second-order valence-corrected chi connectivity index (χ2v) is 5.91. The van der Waals surface area contributed by atoms with Gasteiger partial charge in [0, 0.05) is 13.1 Å². The molecule has 0 aliphatic rings. The Morgan fingerprint density at radius 3 is 2.32 bits per heavy atom. The van der Waals surface area contributed by atoms with Gasteiger partial charge in [0.15, 0.2) is 0 Å². The minimum absolute atomic E-state index is 0.132. The summed E-state index contributed by atoms with van der Waals surface area (Å²) in [7, 11) is -4.19. The Hall–Kier alpha value is -1.12. The van der Waals surface area contributed by atoms with Crippen LogP contribution in [0.25, 0.3) is 0 Å². The first-order valence-electron chi connectivity index (χ1n) is 5.51. The van der Waals surface area contributed by atoms with E-state index in [0.717, 1.165) is 0 Å². The van der Waals surface area contributed by atoms with Crippen molar-refractivity contribution in [3.8, 4) is 0 Å². The van der Waals surface area contributed by atoms with Crippen molar-refractivity contribution in [1.29, 1.82) is 0 Å². The van der Waals surface area contributed by atoms with Crippen LogP contribution in [0.1, 0.15) is 5.56 Å². The molecule has 0 bridgehead atoms. The zero-order valence-corrected chi connectivity index (χ0v) is 11.1. The quantitative estimate of drug-likeness (QED) is 0.895. The summed E-state index contributed by atoms with van der Waals surface area (Å²) in [5.74, 6) is 0. The van der Waals surface area contributed by atoms with Gasteiger partial charge in [-0.1, -0.05) is 18.2 Å². The van der Waals surface area contributed by atoms with Gasteiger partial charge in [-0.25, -0.2) is 8.42 Å². The number of benzene rings is 1. The van der Waals surface area contributed by atoms with Crippen LogP contribution in [-0.4, -0.2) is 38.5 Å². The lowest BCUT2D eigenvalue weighted by Crippen LogP contribution is -2.41. The van der Waals surface area contributed by atoms with E-state index in [9.17, 15) is 21.6 Å². The molecule has 1 rings (SSSR count). The third-order valence-corrected chi connectivity index (χ3v) is 4.45. The van der Waals surface area contributed by atoms with Crippen molar-refractivity contribution in [2.75, 3.05) is 19.6 Å². The first-order chi connectivity index (χ1) is 8.68. The Kier molecular flexibility index (Phi) is 4.94. The van der Waals surface area contributed by atoms with Gasteiger partial charge in [-0.05, 0) is 18.6 Å². The fraction of sp³-hybridized carbons (Fsp3) is 0.455. The molecule has 2 N–H and O–H groups in total. The summed E-state index contributed by atoms with van der Waals surface area (Å²) in [4.78, 5) is -0.132. The Bertz CT molecular complexity index is 529. The molecule has 0 unspecified atom stereocenters. The van der Waals surface area contributed by atoms with Gasteiger partial charge in [0.05, 0.1) is 4.90 Å². The molecule has 0 amide bonds. The van der Waals surface area contributed by atoms with Gasteiger partial charge in [-0.15, -0.1) is 0 Å². The summed E-state index contributed by atoms with van der Waals surface area (Å²) < 4.78 is 62.0. The van der Waals surface area contributed by atoms with Crippen LogP contribution < -0.4 is 5.73 Å². The van der Waals surface area contributed by atoms with Crippen LogP contribution in [0.5, 0.6) is 0 Å². The highest BCUT2D eigenvalue weighted by Crippen LogP contribution is 2.24. The topological polar surface area (TPSA) is 63.4 Å². The van der Waals surface area contributed by atoms with Gasteiger partial charge in [0.1, 0.15) is 6.54 Å². The first kappa shape index (κ1) is 15.9. The van der Waals surface area contributed by atoms with Crippen molar-refractivity contribution in [2.45, 2.75) is 18.0 Å². The van der Waals surface area contributed by atoms with Gasteiger partial charge in [0.25, 0.3) is 0 Å². The normalized spacial score (nSPS) is 12.9. The number of rotatable bonds is 5. The molecule has 19 heavy (non-hydrogen) atoms. The molecule has 0 saturated heterocycles. The largest absolute Gasteiger partial charge is 0.402 e. The molecular formula is C11H15F3N2O2S. The molecule has 0 aliphatic carbocycles. The van der Waals surface area contributed by atoms with E-state index in [4.69, 9.17) is 5.73 Å². The molecule has 1 aromatic carbocycles. The van der Waals surface area contributed by atoms with Crippen molar-refractivity contribution in [1.82, 2.24) is 4.31 Å². The molecule has 0 radical (unpaired) electrons. The van der Waals surface area contributed by atoms with E-state index in [1.165, 1.54) is 25.1 Å². The average Bonchev–Trinajstić information content (AvgIpc) is 2.27. The van der Waals surface area contributed by atoms with Gasteiger partial charge in [0.2, 0.25) is 10.0 Å². The van der Waals surface area contributed by atoms with Crippen LogP contribution in [0.15, 0.2) is 29.2 Å². The number of sulfonamides is 1. The van der Waals surface area contributed by atoms with Crippen LogP contribution >= 0.6 is 0 Å². The number of nitrogens with zero attached hydrogens (tertiary/aromatic N) is 1. The summed E-state index contributed by atoms with van der Waals surface area (Å²) in [6.07, 6.45) is -4.61. The Balaban J connectivity index is 3.17. The predicted molar refractivity (Wildman–Crippen MR) is 65.0 cm³/mol. The van der Waals surface area contributed by atoms with Gasteiger partial charge >= 0.3 is 6.18 Å². The van der Waals surface area contributed by atoms with E-state index in [0.29, 0.717) is 9.87 Å². The molecule has 4 nitrogen and oxygen atoms in total. The fourth-order valence-electron chi connectivity index (χ4n) is 1.61. The Morgan fingerprint density at radius 1 is 1.26 bits per heavy atom. The number of aryl methyl sites for hydroxylation is 1. The summed E-state index contributed by atoms with van der Waals surface area (Å²) in [6.45, 7) is -0.570. The maximum Gasteiger partial charge on any atom is 0.402 e. The van der Waals surface area contributed by atoms with E-state index in [1.807, 2.05) is 0 Å². The van der Waals surface area contributed by atoms with E-state index in [2.05, 4.69) is 0 Å². The Labute approximate surface area is 110 Å². The highest BCUT2D eigenvalue weighted by atomic mass is 32.2. The zero-order chi connectivity index (χ0) is 14.7. The molecule has 0 aliphatic heterocycles. The summed E-state index contributed by atoms with van der Waals surface area (Å²) in [5, 5.41) is 0. The lowest BCUT2D eigenvalue weighted by molar-refractivity contribution is -0.136. The third kappa shape index (κ3) is 4.19. The molecule has 0 spiro atoms. The lowest BCUT2D eigenvalue weighted by atomic mass is 10.2. The van der Waals surface area contributed by atoms with Crippen molar-refractivity contribution in [3.63, 3.8) is 0 Å². The lowest BCUT2D eigenvalue weighted by Gasteiger charge is -2.23. The molecule has 108 valence electrons. The molecule has 8 heteroatoms. The highest BCUT2D eigenvalue weighted by Gasteiger charge is 2.37. The fourth-order valence-corrected chi connectivity index (χ4v) is 3.28. The minimum Gasteiger partial charge on any atom is -0.329 e. The monoisotopic (exact) mass is 296 g/mol. The van der Waals surface area contributed by atoms with Crippen LogP contribution in [0.2, 0.25) is 0 Å². The van der Waals surface area contributed by atoms with E-state index in [1.54, 1.807) is 6.07 Å². The Morgan fingerprint density at radius 2 is 1.84 bits per heavy atom. The predicted octanol–water partition coefficient (Wildman–Crippen LogP) is 1.51.